The van der Waals surface area contributed by atoms with Gasteiger partial charge in [0.25, 0.3) is 11.8 Å². The van der Waals surface area contributed by atoms with Crippen molar-refractivity contribution in [2.45, 2.75) is 11.7 Å². The Bertz CT molecular complexity index is 194. The van der Waals surface area contributed by atoms with Crippen molar-refractivity contribution in [1.29, 1.82) is 0 Å². The largest absolute Gasteiger partial charge is 0.272 e. The lowest BCUT2D eigenvalue weighted by molar-refractivity contribution is -0.179. The van der Waals surface area contributed by atoms with Crippen LogP contribution in [0.15, 0.2) is 0 Å². The van der Waals surface area contributed by atoms with Crippen LogP contribution < -0.4 is 0 Å². The molecule has 4 nitrogen and oxygen atoms in total. The summed E-state index contributed by atoms with van der Waals surface area (Å²) < 4.78 is 0. The van der Waals surface area contributed by atoms with E-state index < -0.39 is 0 Å². The molecule has 2 amide bonds. The van der Waals surface area contributed by atoms with Crippen molar-refractivity contribution in [2.75, 3.05) is 13.4 Å². The lowest BCUT2D eigenvalue weighted by Crippen LogP contribution is -2.29. The van der Waals surface area contributed by atoms with E-state index in [2.05, 4.69) is 4.84 Å². The lowest BCUT2D eigenvalue weighted by Gasteiger charge is -2.08. The molecule has 11 heavy (non-hydrogen) atoms. The predicted molar refractivity (Wildman–Crippen MR) is 40.8 cm³/mol. The van der Waals surface area contributed by atoms with Gasteiger partial charge in [-0.3, -0.25) is 14.4 Å². The molecule has 1 aliphatic heterocycles. The molecule has 1 fully saturated rings. The first-order chi connectivity index (χ1) is 5.20. The number of nitrogens with zero attached hydrogens (tertiary/aromatic N) is 1. The highest BCUT2D eigenvalue weighted by Crippen LogP contribution is 2.22. The summed E-state index contributed by atoms with van der Waals surface area (Å²) >= 11 is 1.37. The molecule has 0 N–H and O–H groups in total. The van der Waals surface area contributed by atoms with E-state index in [1.54, 1.807) is 6.26 Å². The van der Waals surface area contributed by atoms with E-state index in [0.717, 1.165) is 5.06 Å². The number of carbonyl (C=O) groups is 2. The number of hydroxylamine groups is 2. The summed E-state index contributed by atoms with van der Waals surface area (Å²) in [6.07, 6.45) is 2.06. The molecule has 0 bridgehead atoms. The Hall–Kier alpha value is -0.550. The van der Waals surface area contributed by atoms with E-state index in [0.29, 0.717) is 0 Å². The molecule has 0 aromatic rings. The van der Waals surface area contributed by atoms with Crippen LogP contribution in [0.3, 0.4) is 0 Å². The van der Waals surface area contributed by atoms with Crippen LogP contribution in [0.2, 0.25) is 0 Å². The van der Waals surface area contributed by atoms with Gasteiger partial charge in [0.1, 0.15) is 0 Å². The molecule has 1 aliphatic rings. The number of hydrogen-bond acceptors (Lipinski definition) is 4. The summed E-state index contributed by atoms with van der Waals surface area (Å²) in [5.74, 6) is -0.498. The van der Waals surface area contributed by atoms with Gasteiger partial charge in [-0.15, -0.1) is 0 Å². The molecule has 1 saturated heterocycles. The molecule has 62 valence electrons. The minimum Gasteiger partial charge on any atom is -0.272 e. The summed E-state index contributed by atoms with van der Waals surface area (Å²) in [6, 6.07) is 0. The van der Waals surface area contributed by atoms with Crippen LogP contribution in [0.1, 0.15) is 6.42 Å². The van der Waals surface area contributed by atoms with Crippen LogP contribution in [0.25, 0.3) is 0 Å². The Labute approximate surface area is 68.8 Å². The second kappa shape index (κ2) is 3.23. The third-order valence-corrected chi connectivity index (χ3v) is 2.47. The van der Waals surface area contributed by atoms with E-state index in [4.69, 9.17) is 0 Å². The van der Waals surface area contributed by atoms with Gasteiger partial charge in [-0.1, -0.05) is 0 Å². The third kappa shape index (κ3) is 1.39. The highest BCUT2D eigenvalue weighted by atomic mass is 32.2. The minimum absolute atomic E-state index is 0.245. The molecule has 0 saturated carbocycles. The van der Waals surface area contributed by atoms with Crippen molar-refractivity contribution in [1.82, 2.24) is 5.06 Å². The van der Waals surface area contributed by atoms with Crippen LogP contribution in [0.4, 0.5) is 0 Å². The smallest absolute Gasteiger partial charge is 0.267 e. The van der Waals surface area contributed by atoms with Crippen molar-refractivity contribution < 1.29 is 14.4 Å². The van der Waals surface area contributed by atoms with E-state index in [1.165, 1.54) is 18.9 Å². The Morgan fingerprint density at radius 1 is 1.64 bits per heavy atom. The molecule has 0 aliphatic carbocycles. The van der Waals surface area contributed by atoms with E-state index >= 15 is 0 Å². The molecule has 1 unspecified atom stereocenters. The SMILES string of the molecule is CON1C(=O)CC(SC)C1=O. The van der Waals surface area contributed by atoms with Crippen molar-refractivity contribution in [3.63, 3.8) is 0 Å². The fourth-order valence-corrected chi connectivity index (χ4v) is 1.57. The average Bonchev–Trinajstić information content (AvgIpc) is 2.26. The molecule has 0 aromatic heterocycles. The quantitative estimate of drug-likeness (QED) is 0.556. The third-order valence-electron chi connectivity index (χ3n) is 1.53. The molecule has 1 rings (SSSR count). The molecule has 0 spiro atoms. The zero-order valence-electron chi connectivity index (χ0n) is 6.36. The number of rotatable bonds is 2. The monoisotopic (exact) mass is 175 g/mol. The normalized spacial score (nSPS) is 24.9. The second-order valence-corrected chi connectivity index (χ2v) is 3.18. The number of imide groups is 1. The summed E-state index contributed by atoms with van der Waals surface area (Å²) in [6.45, 7) is 0. The number of thioether (sulfide) groups is 1. The van der Waals surface area contributed by atoms with E-state index in [1.807, 2.05) is 0 Å². The Morgan fingerprint density at radius 2 is 2.27 bits per heavy atom. The van der Waals surface area contributed by atoms with Gasteiger partial charge in [0, 0.05) is 0 Å². The maximum Gasteiger partial charge on any atom is 0.267 e. The summed E-state index contributed by atoms with van der Waals surface area (Å²) in [4.78, 5) is 26.7. The van der Waals surface area contributed by atoms with Crippen LogP contribution in [0.5, 0.6) is 0 Å². The van der Waals surface area contributed by atoms with Crippen LogP contribution in [0, 0.1) is 0 Å². The molecule has 0 radical (unpaired) electrons. The summed E-state index contributed by atoms with van der Waals surface area (Å²) in [5.41, 5.74) is 0. The summed E-state index contributed by atoms with van der Waals surface area (Å²) in [5, 5.41) is 0.573. The fraction of sp³-hybridized carbons (Fsp3) is 0.667. The van der Waals surface area contributed by atoms with Crippen molar-refractivity contribution in [2.24, 2.45) is 0 Å². The van der Waals surface area contributed by atoms with Gasteiger partial charge in [0.15, 0.2) is 0 Å². The molecule has 5 heteroatoms. The first-order valence-corrected chi connectivity index (χ1v) is 4.43. The fourth-order valence-electron chi connectivity index (χ4n) is 0.958. The average molecular weight is 175 g/mol. The Balaban J connectivity index is 2.71. The van der Waals surface area contributed by atoms with Gasteiger partial charge in [-0.25, -0.2) is 0 Å². The van der Waals surface area contributed by atoms with Gasteiger partial charge in [-0.05, 0) is 6.26 Å². The van der Waals surface area contributed by atoms with Crippen molar-refractivity contribution in [3.8, 4) is 0 Å². The molecule has 1 atom stereocenters. The minimum atomic E-state index is -0.253. The van der Waals surface area contributed by atoms with E-state index in [9.17, 15) is 9.59 Å². The molecular formula is C6H9NO3S. The van der Waals surface area contributed by atoms with Gasteiger partial charge < -0.3 is 0 Å². The predicted octanol–water partition coefficient (Wildman–Crippen LogP) is 0.0383. The summed E-state index contributed by atoms with van der Waals surface area (Å²) in [7, 11) is 1.32. The number of hydrogen-bond donors (Lipinski definition) is 0. The van der Waals surface area contributed by atoms with Crippen LogP contribution in [-0.4, -0.2) is 35.5 Å². The zero-order valence-corrected chi connectivity index (χ0v) is 7.18. The first-order valence-electron chi connectivity index (χ1n) is 3.14. The van der Waals surface area contributed by atoms with Crippen molar-refractivity contribution in [3.05, 3.63) is 0 Å². The van der Waals surface area contributed by atoms with Crippen LogP contribution >= 0.6 is 11.8 Å². The van der Waals surface area contributed by atoms with Gasteiger partial charge >= 0.3 is 0 Å². The van der Waals surface area contributed by atoms with Crippen LogP contribution in [-0.2, 0) is 14.4 Å². The van der Waals surface area contributed by atoms with Gasteiger partial charge in [0.05, 0.1) is 18.8 Å². The zero-order chi connectivity index (χ0) is 8.43. The highest BCUT2D eigenvalue weighted by Gasteiger charge is 2.38. The maximum atomic E-state index is 11.1. The highest BCUT2D eigenvalue weighted by molar-refractivity contribution is 8.00. The number of amides is 2. The van der Waals surface area contributed by atoms with E-state index in [-0.39, 0.29) is 23.5 Å². The van der Waals surface area contributed by atoms with Crippen molar-refractivity contribution >= 4 is 23.6 Å². The second-order valence-electron chi connectivity index (χ2n) is 2.14. The Kier molecular flexibility index (Phi) is 2.51. The Morgan fingerprint density at radius 3 is 2.55 bits per heavy atom. The maximum absolute atomic E-state index is 11.1. The van der Waals surface area contributed by atoms with Gasteiger partial charge in [0.2, 0.25) is 0 Å². The standard InChI is InChI=1S/C6H9NO3S/c1-10-7-5(8)3-4(11-2)6(7)9/h4H,3H2,1-2H3. The lowest BCUT2D eigenvalue weighted by atomic mass is 10.4. The number of carbonyl (C=O) groups excluding carboxylic acids is 2. The topological polar surface area (TPSA) is 46.6 Å². The molecule has 1 heterocycles. The molecular weight excluding hydrogens is 166 g/mol. The molecule has 0 aromatic carbocycles. The first kappa shape index (κ1) is 8.55. The van der Waals surface area contributed by atoms with Gasteiger partial charge in [-0.2, -0.15) is 16.8 Å².